The van der Waals surface area contributed by atoms with Gasteiger partial charge in [0.2, 0.25) is 0 Å². The molecule has 0 radical (unpaired) electrons. The van der Waals surface area contributed by atoms with Gasteiger partial charge in [-0.1, -0.05) is 12.1 Å². The van der Waals surface area contributed by atoms with E-state index < -0.39 is 5.97 Å². The van der Waals surface area contributed by atoms with Crippen LogP contribution >= 0.6 is 0 Å². The van der Waals surface area contributed by atoms with Crippen LogP contribution in [-0.4, -0.2) is 16.2 Å². The van der Waals surface area contributed by atoms with Crippen molar-refractivity contribution in [2.75, 3.05) is 0 Å². The molecule has 0 aliphatic carbocycles. The second kappa shape index (κ2) is 7.70. The fraction of sp³-hybridized carbons (Fsp3) is 0.133. The third kappa shape index (κ3) is 4.84. The Balaban J connectivity index is 0.000000191. The Morgan fingerprint density at radius 3 is 2.11 bits per heavy atom. The monoisotopic (exact) mass is 307 g/mol. The Labute approximate surface area is 122 Å². The van der Waals surface area contributed by atoms with Gasteiger partial charge in [-0.3, -0.25) is 0 Å². The summed E-state index contributed by atoms with van der Waals surface area (Å²) in [5, 5.41) is 18.6. The van der Waals surface area contributed by atoms with Crippen LogP contribution in [0.5, 0.6) is 5.75 Å². The predicted octanol–water partition coefficient (Wildman–Crippen LogP) is 3.13. The maximum absolute atomic E-state index is 10.3. The topological polar surface area (TPSA) is 57.5 Å². The second-order valence-electron chi connectivity index (χ2n) is 4.00. The van der Waals surface area contributed by atoms with E-state index in [4.69, 9.17) is 10.2 Å². The first-order chi connectivity index (χ1) is 9.06. The number of carboxylic acids is 1. The molecule has 0 aromatic heterocycles. The van der Waals surface area contributed by atoms with Gasteiger partial charge in [-0.25, -0.2) is 4.79 Å². The molecule has 0 saturated heterocycles. The van der Waals surface area contributed by atoms with Gasteiger partial charge in [0.1, 0.15) is 11.3 Å². The Morgan fingerprint density at radius 2 is 1.68 bits per heavy atom. The summed E-state index contributed by atoms with van der Waals surface area (Å²) in [7, 11) is 0. The van der Waals surface area contributed by atoms with E-state index in [1.54, 1.807) is 12.1 Å². The van der Waals surface area contributed by atoms with E-state index >= 15 is 0 Å². The quantitative estimate of drug-likeness (QED) is 0.838. The summed E-state index contributed by atoms with van der Waals surface area (Å²) in [4.78, 5) is 10.3. The first-order valence-corrected chi connectivity index (χ1v) is 8.01. The summed E-state index contributed by atoms with van der Waals surface area (Å²) in [6.45, 7) is 2.17. The average molecular weight is 309 g/mol. The number of hydrogen-bond donors (Lipinski definition) is 2. The van der Waals surface area contributed by atoms with Gasteiger partial charge in [0.05, 0.1) is 0 Å². The number of para-hydroxylation sites is 1. The van der Waals surface area contributed by atoms with Gasteiger partial charge in [-0.05, 0) is 12.1 Å². The minimum Gasteiger partial charge on any atom is -0.507 e. The number of aromatic hydroxyl groups is 1. The molecule has 4 heteroatoms. The molecule has 0 unspecified atom stereocenters. The fourth-order valence-electron chi connectivity index (χ4n) is 1.55. The zero-order valence-electron chi connectivity index (χ0n) is 10.8. The van der Waals surface area contributed by atoms with Crippen LogP contribution in [-0.2, 0) is 23.3 Å². The molecule has 0 aliphatic rings. The normalized spacial score (nSPS) is 9.42. The molecule has 0 atom stereocenters. The Hall–Kier alpha value is -1.67. The largest absolute Gasteiger partial charge is 0.507 e. The van der Waals surface area contributed by atoms with Crippen molar-refractivity contribution in [2.24, 2.45) is 0 Å². The molecular formula is C15H15O3Zn. The predicted molar refractivity (Wildman–Crippen MR) is 69.9 cm³/mol. The third-order valence-electron chi connectivity index (χ3n) is 2.67. The SMILES string of the molecule is Cc1ccccc1[CH2][Zn].O=C(O)c1ccccc1O. The van der Waals surface area contributed by atoms with E-state index in [9.17, 15) is 4.79 Å². The third-order valence-corrected chi connectivity index (χ3v) is 3.80. The summed E-state index contributed by atoms with van der Waals surface area (Å²) >= 11 is 1.37. The number of hydrogen-bond acceptors (Lipinski definition) is 2. The molecule has 0 heterocycles. The molecule has 2 rings (SSSR count). The number of aryl methyl sites for hydroxylation is 1. The molecule has 2 N–H and O–H groups in total. The van der Waals surface area contributed by atoms with Crippen LogP contribution in [0.4, 0.5) is 0 Å². The molecule has 0 fully saturated rings. The molecule has 19 heavy (non-hydrogen) atoms. The van der Waals surface area contributed by atoms with Crippen LogP contribution in [0.2, 0.25) is 0 Å². The van der Waals surface area contributed by atoms with Crippen LogP contribution in [0.15, 0.2) is 48.5 Å². The number of carbonyl (C=O) groups is 1. The number of aromatic carboxylic acids is 1. The number of benzene rings is 2. The van der Waals surface area contributed by atoms with Gasteiger partial charge in [0.25, 0.3) is 0 Å². The minimum absolute atomic E-state index is 0.0671. The molecular weight excluding hydrogens is 294 g/mol. The van der Waals surface area contributed by atoms with Crippen LogP contribution in [0.3, 0.4) is 0 Å². The van der Waals surface area contributed by atoms with Gasteiger partial charge < -0.3 is 10.2 Å². The van der Waals surface area contributed by atoms with E-state index in [-0.39, 0.29) is 11.3 Å². The maximum atomic E-state index is 10.3. The molecule has 95 valence electrons. The van der Waals surface area contributed by atoms with Crippen molar-refractivity contribution in [3.05, 3.63) is 65.2 Å². The second-order valence-corrected chi connectivity index (χ2v) is 5.05. The van der Waals surface area contributed by atoms with Crippen molar-refractivity contribution in [1.82, 2.24) is 0 Å². The van der Waals surface area contributed by atoms with Gasteiger partial charge in [-0.2, -0.15) is 0 Å². The van der Waals surface area contributed by atoms with Crippen molar-refractivity contribution in [3.8, 4) is 5.75 Å². The summed E-state index contributed by atoms with van der Waals surface area (Å²) in [5.41, 5.74) is 2.88. The van der Waals surface area contributed by atoms with Crippen molar-refractivity contribution in [3.63, 3.8) is 0 Å². The molecule has 0 spiro atoms. The maximum Gasteiger partial charge on any atom is 0.339 e. The molecule has 0 saturated carbocycles. The summed E-state index contributed by atoms with van der Waals surface area (Å²) in [5.74, 6) is -1.31. The Bertz CT molecular complexity index is 553. The molecule has 0 amide bonds. The first-order valence-electron chi connectivity index (χ1n) is 5.91. The van der Waals surface area contributed by atoms with Gasteiger partial charge >= 0.3 is 71.6 Å². The smallest absolute Gasteiger partial charge is 0.339 e. The van der Waals surface area contributed by atoms with Gasteiger partial charge in [0, 0.05) is 0 Å². The average Bonchev–Trinajstić information content (AvgIpc) is 2.40. The van der Waals surface area contributed by atoms with Crippen molar-refractivity contribution in [2.45, 2.75) is 11.9 Å². The van der Waals surface area contributed by atoms with Crippen LogP contribution in [0, 0.1) is 6.92 Å². The van der Waals surface area contributed by atoms with E-state index in [1.165, 1.54) is 46.6 Å². The molecule has 3 nitrogen and oxygen atoms in total. The van der Waals surface area contributed by atoms with E-state index in [0.717, 1.165) is 0 Å². The standard InChI is InChI=1S/C8H9.C7H6O3.Zn/c1-7-5-3-4-6-8(7)2;8-6-4-2-1-3-5(6)7(9)10;/h3-6H,1H2,2H3;1-4,8H,(H,9,10);. The zero-order valence-corrected chi connectivity index (χ0v) is 13.8. The summed E-state index contributed by atoms with van der Waals surface area (Å²) in [6, 6.07) is 14.4. The van der Waals surface area contributed by atoms with E-state index in [2.05, 4.69) is 31.2 Å². The van der Waals surface area contributed by atoms with Gasteiger partial charge in [0.15, 0.2) is 0 Å². The number of rotatable bonds is 2. The molecule has 2 aromatic carbocycles. The van der Waals surface area contributed by atoms with Crippen molar-refractivity contribution in [1.29, 1.82) is 0 Å². The Kier molecular flexibility index (Phi) is 6.24. The molecule has 0 bridgehead atoms. The van der Waals surface area contributed by atoms with Crippen LogP contribution in [0.25, 0.3) is 0 Å². The zero-order chi connectivity index (χ0) is 14.3. The summed E-state index contributed by atoms with van der Waals surface area (Å²) in [6.07, 6.45) is 0. The Morgan fingerprint density at radius 1 is 1.11 bits per heavy atom. The fourth-order valence-corrected chi connectivity index (χ4v) is 2.72. The first kappa shape index (κ1) is 15.4. The van der Waals surface area contributed by atoms with E-state index in [1.807, 2.05) is 0 Å². The number of carboxylic acid groups (broad SMARTS) is 1. The van der Waals surface area contributed by atoms with Crippen molar-refractivity contribution < 1.29 is 33.3 Å². The van der Waals surface area contributed by atoms with Crippen LogP contribution < -0.4 is 0 Å². The minimum atomic E-state index is -1.11. The molecule has 0 aliphatic heterocycles. The number of phenols is 1. The van der Waals surface area contributed by atoms with E-state index in [0.29, 0.717) is 0 Å². The van der Waals surface area contributed by atoms with Crippen LogP contribution in [0.1, 0.15) is 21.5 Å². The van der Waals surface area contributed by atoms with Crippen molar-refractivity contribution >= 4 is 5.97 Å². The molecule has 2 aromatic rings. The summed E-state index contributed by atoms with van der Waals surface area (Å²) < 4.78 is 0. The van der Waals surface area contributed by atoms with Gasteiger partial charge in [-0.15, -0.1) is 0 Å².